The maximum atomic E-state index is 12.8. The van der Waals surface area contributed by atoms with Crippen molar-refractivity contribution in [3.63, 3.8) is 0 Å². The van der Waals surface area contributed by atoms with Gasteiger partial charge in [0, 0.05) is 38.1 Å². The number of aldehydes is 1. The van der Waals surface area contributed by atoms with Crippen LogP contribution in [0.15, 0.2) is 29.4 Å². The number of aromatic nitrogens is 1. The summed E-state index contributed by atoms with van der Waals surface area (Å²) in [5, 5.41) is 0. The van der Waals surface area contributed by atoms with E-state index in [1.807, 2.05) is 16.7 Å². The number of pyridine rings is 1. The molecule has 1 fully saturated rings. The van der Waals surface area contributed by atoms with Crippen LogP contribution in [-0.4, -0.2) is 91.3 Å². The Hall–Kier alpha value is -1.56. The van der Waals surface area contributed by atoms with Crippen LogP contribution in [0, 0.1) is 0 Å². The van der Waals surface area contributed by atoms with E-state index in [-0.39, 0.29) is 18.0 Å². The molecule has 1 aromatic heterocycles. The minimum atomic E-state index is -4.18. The largest absolute Gasteiger partial charge is 0.390 e. The second kappa shape index (κ2) is 11.3. The highest BCUT2D eigenvalue weighted by Crippen LogP contribution is 2.24. The van der Waals surface area contributed by atoms with E-state index in [1.165, 1.54) is 22.8 Å². The number of nitrogens with zero attached hydrogens (tertiary/aromatic N) is 4. The molecule has 0 aromatic carbocycles. The molecule has 0 aliphatic carbocycles. The van der Waals surface area contributed by atoms with E-state index < -0.39 is 34.7 Å². The van der Waals surface area contributed by atoms with E-state index in [4.69, 9.17) is 0 Å². The molecular formula is C20H31F3N4O3S. The lowest BCUT2D eigenvalue weighted by Crippen LogP contribution is -2.55. The molecule has 1 aromatic rings. The molecule has 2 unspecified atom stereocenters. The van der Waals surface area contributed by atoms with Crippen LogP contribution in [0.2, 0.25) is 0 Å². The van der Waals surface area contributed by atoms with Gasteiger partial charge in [-0.25, -0.2) is 8.42 Å². The van der Waals surface area contributed by atoms with E-state index in [2.05, 4.69) is 4.98 Å². The molecule has 1 saturated heterocycles. The number of carbonyl (C=O) groups is 1. The van der Waals surface area contributed by atoms with Gasteiger partial charge in [0.15, 0.2) is 0 Å². The molecule has 7 nitrogen and oxygen atoms in total. The van der Waals surface area contributed by atoms with Gasteiger partial charge in [-0.3, -0.25) is 9.88 Å². The van der Waals surface area contributed by atoms with Gasteiger partial charge in [0.25, 0.3) is 0 Å². The Morgan fingerprint density at radius 2 is 2.06 bits per heavy atom. The Morgan fingerprint density at radius 1 is 1.32 bits per heavy atom. The van der Waals surface area contributed by atoms with Crippen molar-refractivity contribution in [2.75, 3.05) is 39.3 Å². The summed E-state index contributed by atoms with van der Waals surface area (Å²) in [7, 11) is -3.71. The molecule has 0 spiro atoms. The third kappa shape index (κ3) is 7.51. The number of hydrogen-bond donors (Lipinski definition) is 0. The van der Waals surface area contributed by atoms with E-state index in [0.29, 0.717) is 32.6 Å². The SMILES string of the molecule is CCN(CCCCN1CCN(S(=O)(=O)c2cccnc2)CC1C=O)C(C)CC(F)(F)F. The summed E-state index contributed by atoms with van der Waals surface area (Å²) < 4.78 is 64.7. The Morgan fingerprint density at radius 3 is 2.65 bits per heavy atom. The number of carbonyl (C=O) groups excluding carboxylic acids is 1. The van der Waals surface area contributed by atoms with Crippen LogP contribution in [0.5, 0.6) is 0 Å². The summed E-state index contributed by atoms with van der Waals surface area (Å²) in [6.45, 7) is 5.88. The van der Waals surface area contributed by atoms with Crippen LogP contribution in [0.3, 0.4) is 0 Å². The van der Waals surface area contributed by atoms with Crippen LogP contribution in [0.1, 0.15) is 33.1 Å². The number of halogens is 3. The van der Waals surface area contributed by atoms with Crippen molar-refractivity contribution in [3.8, 4) is 0 Å². The molecule has 0 amide bonds. The first-order valence-corrected chi connectivity index (χ1v) is 11.9. The topological polar surface area (TPSA) is 73.8 Å². The average molecular weight is 465 g/mol. The van der Waals surface area contributed by atoms with Crippen molar-refractivity contribution in [3.05, 3.63) is 24.5 Å². The van der Waals surface area contributed by atoms with Crippen molar-refractivity contribution >= 4 is 16.3 Å². The summed E-state index contributed by atoms with van der Waals surface area (Å²) in [4.78, 5) is 19.3. The minimum Gasteiger partial charge on any atom is -0.302 e. The lowest BCUT2D eigenvalue weighted by Gasteiger charge is -2.38. The number of piperazine rings is 1. The van der Waals surface area contributed by atoms with Gasteiger partial charge in [-0.15, -0.1) is 0 Å². The molecule has 2 atom stereocenters. The number of hydrogen-bond acceptors (Lipinski definition) is 6. The van der Waals surface area contributed by atoms with Gasteiger partial charge in [0.05, 0.1) is 12.5 Å². The molecule has 31 heavy (non-hydrogen) atoms. The van der Waals surface area contributed by atoms with Gasteiger partial charge in [-0.2, -0.15) is 17.5 Å². The molecule has 0 N–H and O–H groups in total. The second-order valence-corrected chi connectivity index (χ2v) is 9.73. The van der Waals surface area contributed by atoms with Crippen LogP contribution >= 0.6 is 0 Å². The lowest BCUT2D eigenvalue weighted by atomic mass is 10.1. The molecule has 176 valence electrons. The fraction of sp³-hybridized carbons (Fsp3) is 0.700. The van der Waals surface area contributed by atoms with E-state index in [1.54, 1.807) is 13.0 Å². The highest BCUT2D eigenvalue weighted by Gasteiger charge is 2.34. The van der Waals surface area contributed by atoms with Crippen LogP contribution in [-0.2, 0) is 14.8 Å². The molecule has 0 radical (unpaired) electrons. The third-order valence-electron chi connectivity index (χ3n) is 5.62. The van der Waals surface area contributed by atoms with Crippen LogP contribution in [0.25, 0.3) is 0 Å². The fourth-order valence-corrected chi connectivity index (χ4v) is 5.29. The predicted molar refractivity (Wildman–Crippen MR) is 111 cm³/mol. The summed E-state index contributed by atoms with van der Waals surface area (Å²) in [5.41, 5.74) is 0. The van der Waals surface area contributed by atoms with E-state index in [9.17, 15) is 26.4 Å². The Balaban J connectivity index is 1.84. The van der Waals surface area contributed by atoms with Gasteiger partial charge < -0.3 is 9.69 Å². The van der Waals surface area contributed by atoms with Crippen molar-refractivity contribution in [1.82, 2.24) is 19.1 Å². The molecule has 1 aliphatic heterocycles. The molecule has 11 heteroatoms. The minimum absolute atomic E-state index is 0.0738. The first-order valence-electron chi connectivity index (χ1n) is 10.5. The average Bonchev–Trinajstić information content (AvgIpc) is 2.73. The maximum Gasteiger partial charge on any atom is 0.390 e. The van der Waals surface area contributed by atoms with Crippen molar-refractivity contribution in [2.45, 2.75) is 56.3 Å². The zero-order valence-electron chi connectivity index (χ0n) is 18.0. The Labute approximate surface area is 182 Å². The predicted octanol–water partition coefficient (Wildman–Crippen LogP) is 2.40. The first kappa shape index (κ1) is 25.7. The highest BCUT2D eigenvalue weighted by molar-refractivity contribution is 7.89. The summed E-state index contributed by atoms with van der Waals surface area (Å²) in [6, 6.07) is 1.90. The number of unbranched alkanes of at least 4 members (excludes halogenated alkanes) is 1. The summed E-state index contributed by atoms with van der Waals surface area (Å²) in [5.74, 6) is 0. The summed E-state index contributed by atoms with van der Waals surface area (Å²) >= 11 is 0. The number of rotatable bonds is 11. The maximum absolute atomic E-state index is 12.8. The summed E-state index contributed by atoms with van der Waals surface area (Å²) in [6.07, 6.45) is -0.0493. The highest BCUT2D eigenvalue weighted by atomic mass is 32.2. The number of sulfonamides is 1. The van der Waals surface area contributed by atoms with Gasteiger partial charge in [-0.05, 0) is 51.5 Å². The van der Waals surface area contributed by atoms with Gasteiger partial charge in [-0.1, -0.05) is 6.92 Å². The smallest absolute Gasteiger partial charge is 0.302 e. The monoisotopic (exact) mass is 464 g/mol. The first-order chi connectivity index (χ1) is 14.6. The van der Waals surface area contributed by atoms with Gasteiger partial charge in [0.2, 0.25) is 10.0 Å². The molecule has 0 saturated carbocycles. The standard InChI is InChI=1S/C20H31F3N4O3S/c1-3-25(17(2)13-20(21,22)23)9-4-5-10-26-11-12-27(15-18(26)16-28)31(29,30)19-7-6-8-24-14-19/h6-8,14,16-18H,3-5,9-13,15H2,1-2H3. The van der Waals surface area contributed by atoms with E-state index in [0.717, 1.165) is 12.7 Å². The zero-order chi connectivity index (χ0) is 23.1. The third-order valence-corrected chi connectivity index (χ3v) is 7.47. The molecule has 0 bridgehead atoms. The molecular weight excluding hydrogens is 433 g/mol. The fourth-order valence-electron chi connectivity index (χ4n) is 3.88. The van der Waals surface area contributed by atoms with Crippen molar-refractivity contribution in [1.29, 1.82) is 0 Å². The normalized spacial score (nSPS) is 20.1. The van der Waals surface area contributed by atoms with Gasteiger partial charge in [0.1, 0.15) is 11.2 Å². The van der Waals surface area contributed by atoms with Crippen molar-refractivity contribution in [2.24, 2.45) is 0 Å². The Kier molecular flexibility index (Phi) is 9.41. The van der Waals surface area contributed by atoms with Crippen molar-refractivity contribution < 1.29 is 26.4 Å². The van der Waals surface area contributed by atoms with Crippen LogP contribution < -0.4 is 0 Å². The molecule has 2 rings (SSSR count). The molecule has 1 aliphatic rings. The van der Waals surface area contributed by atoms with E-state index >= 15 is 0 Å². The number of alkyl halides is 3. The van der Waals surface area contributed by atoms with Crippen LogP contribution in [0.4, 0.5) is 13.2 Å². The lowest BCUT2D eigenvalue weighted by molar-refractivity contribution is -0.146. The Bertz CT molecular complexity index is 793. The molecule has 2 heterocycles. The zero-order valence-corrected chi connectivity index (χ0v) is 18.8. The quantitative estimate of drug-likeness (QED) is 0.370. The second-order valence-electron chi connectivity index (χ2n) is 7.80. The van der Waals surface area contributed by atoms with Gasteiger partial charge >= 0.3 is 6.18 Å².